The minimum absolute atomic E-state index is 0. The summed E-state index contributed by atoms with van der Waals surface area (Å²) in [6.45, 7) is 3.44. The first-order valence-corrected chi connectivity index (χ1v) is 7.03. The largest absolute Gasteiger partial charge is 0.445 e. The number of halogens is 1. The Kier molecular flexibility index (Phi) is 5.56. The Bertz CT molecular complexity index is 411. The number of nitrogens with zero attached hydrogens (tertiary/aromatic N) is 1. The lowest BCUT2D eigenvalue weighted by molar-refractivity contribution is 0.0705. The first kappa shape index (κ1) is 15.4. The van der Waals surface area contributed by atoms with Gasteiger partial charge in [0.05, 0.1) is 0 Å². The Morgan fingerprint density at radius 2 is 2.33 bits per heavy atom. The summed E-state index contributed by atoms with van der Waals surface area (Å²) in [5.41, 5.74) is 5.66. The van der Waals surface area contributed by atoms with E-state index >= 15 is 0 Å². The van der Waals surface area contributed by atoms with Gasteiger partial charge in [-0.1, -0.05) is 11.8 Å². The molecule has 0 saturated carbocycles. The summed E-state index contributed by atoms with van der Waals surface area (Å²) in [5.74, 6) is 0.830. The van der Waals surface area contributed by atoms with Crippen molar-refractivity contribution in [2.45, 2.75) is 24.5 Å². The van der Waals surface area contributed by atoms with E-state index < -0.39 is 0 Å². The molecule has 2 atom stereocenters. The second kappa shape index (κ2) is 6.50. The molecule has 102 valence electrons. The highest BCUT2D eigenvalue weighted by Crippen LogP contribution is 2.26. The van der Waals surface area contributed by atoms with Crippen LogP contribution in [0.2, 0.25) is 0 Å². The third-order valence-electron chi connectivity index (χ3n) is 3.25. The first-order valence-electron chi connectivity index (χ1n) is 5.80. The standard InChI is InChI=1S/C12H18N2O2S.ClH/c1-8-5-9(6-13)7-14(8)12(15)10-3-4-11(16-10)17-2;/h3-4,8-9H,5-7,13H2,1-2H3;1H. The van der Waals surface area contributed by atoms with Crippen LogP contribution in [0.3, 0.4) is 0 Å². The van der Waals surface area contributed by atoms with Gasteiger partial charge in [0.15, 0.2) is 10.9 Å². The van der Waals surface area contributed by atoms with E-state index in [2.05, 4.69) is 6.92 Å². The van der Waals surface area contributed by atoms with Crippen molar-refractivity contribution >= 4 is 30.1 Å². The second-order valence-electron chi connectivity index (χ2n) is 4.47. The quantitative estimate of drug-likeness (QED) is 0.867. The number of likely N-dealkylation sites (tertiary alicyclic amines) is 1. The van der Waals surface area contributed by atoms with Crippen LogP contribution in [0.5, 0.6) is 0 Å². The molecule has 18 heavy (non-hydrogen) atoms. The SMILES string of the molecule is CSc1ccc(C(=O)N2CC(CN)CC2C)o1.Cl. The molecule has 6 heteroatoms. The van der Waals surface area contributed by atoms with Gasteiger partial charge in [-0.2, -0.15) is 0 Å². The minimum atomic E-state index is -0.0197. The van der Waals surface area contributed by atoms with Crippen LogP contribution in [-0.4, -0.2) is 36.2 Å². The van der Waals surface area contributed by atoms with Gasteiger partial charge in [-0.25, -0.2) is 0 Å². The Balaban J connectivity index is 0.00000162. The highest BCUT2D eigenvalue weighted by atomic mass is 35.5. The number of hydrogen-bond donors (Lipinski definition) is 1. The normalized spacial score (nSPS) is 22.9. The van der Waals surface area contributed by atoms with E-state index in [4.69, 9.17) is 10.2 Å². The molecule has 4 nitrogen and oxygen atoms in total. The molecule has 0 spiro atoms. The Morgan fingerprint density at radius 3 is 2.83 bits per heavy atom. The maximum Gasteiger partial charge on any atom is 0.289 e. The van der Waals surface area contributed by atoms with Crippen LogP contribution >= 0.6 is 24.2 Å². The van der Waals surface area contributed by atoms with Crippen LogP contribution in [0.15, 0.2) is 21.6 Å². The molecule has 0 radical (unpaired) electrons. The van der Waals surface area contributed by atoms with Gasteiger partial charge in [0, 0.05) is 12.6 Å². The molecule has 0 aliphatic carbocycles. The molecule has 1 saturated heterocycles. The third kappa shape index (κ3) is 3.02. The molecule has 1 aliphatic heterocycles. The van der Waals surface area contributed by atoms with Gasteiger partial charge in [-0.05, 0) is 44.2 Å². The fraction of sp³-hybridized carbons (Fsp3) is 0.583. The molecule has 2 unspecified atom stereocenters. The van der Waals surface area contributed by atoms with Gasteiger partial charge in [0.1, 0.15) is 0 Å². The van der Waals surface area contributed by atoms with Crippen molar-refractivity contribution in [3.63, 3.8) is 0 Å². The van der Waals surface area contributed by atoms with Crippen molar-refractivity contribution in [3.05, 3.63) is 17.9 Å². The van der Waals surface area contributed by atoms with Crippen LogP contribution in [-0.2, 0) is 0 Å². The lowest BCUT2D eigenvalue weighted by Crippen LogP contribution is -2.34. The average molecular weight is 291 g/mol. The predicted octanol–water partition coefficient (Wildman–Crippen LogP) is 2.23. The number of amides is 1. The van der Waals surface area contributed by atoms with E-state index in [1.807, 2.05) is 17.2 Å². The number of thioether (sulfide) groups is 1. The van der Waals surface area contributed by atoms with Crippen molar-refractivity contribution < 1.29 is 9.21 Å². The second-order valence-corrected chi connectivity index (χ2v) is 5.28. The maximum atomic E-state index is 12.2. The first-order chi connectivity index (χ1) is 8.15. The van der Waals surface area contributed by atoms with E-state index in [-0.39, 0.29) is 24.4 Å². The fourth-order valence-corrected chi connectivity index (χ4v) is 2.66. The Hall–Kier alpha value is -0.650. The highest BCUT2D eigenvalue weighted by molar-refractivity contribution is 7.98. The monoisotopic (exact) mass is 290 g/mol. The highest BCUT2D eigenvalue weighted by Gasteiger charge is 2.33. The molecule has 2 rings (SSSR count). The number of rotatable bonds is 3. The summed E-state index contributed by atoms with van der Waals surface area (Å²) >= 11 is 1.50. The number of furan rings is 1. The zero-order valence-corrected chi connectivity index (χ0v) is 12.2. The maximum absolute atomic E-state index is 12.2. The van der Waals surface area contributed by atoms with Crippen LogP contribution in [0.25, 0.3) is 0 Å². The molecule has 1 aromatic rings. The zero-order valence-electron chi connectivity index (χ0n) is 10.6. The van der Waals surface area contributed by atoms with Gasteiger partial charge >= 0.3 is 0 Å². The van der Waals surface area contributed by atoms with Crippen molar-refractivity contribution in [2.75, 3.05) is 19.3 Å². The van der Waals surface area contributed by atoms with E-state index in [0.717, 1.165) is 18.1 Å². The number of carbonyl (C=O) groups is 1. The lowest BCUT2D eigenvalue weighted by atomic mass is 10.1. The van der Waals surface area contributed by atoms with Crippen molar-refractivity contribution in [2.24, 2.45) is 11.7 Å². The van der Waals surface area contributed by atoms with Crippen molar-refractivity contribution in [1.82, 2.24) is 4.90 Å². The molecule has 2 heterocycles. The molecular formula is C12H19ClN2O2S. The molecular weight excluding hydrogens is 272 g/mol. The van der Waals surface area contributed by atoms with Gasteiger partial charge in [0.2, 0.25) is 0 Å². The van der Waals surface area contributed by atoms with Crippen molar-refractivity contribution in [3.8, 4) is 0 Å². The molecule has 0 aromatic carbocycles. The summed E-state index contributed by atoms with van der Waals surface area (Å²) in [7, 11) is 0. The molecule has 1 amide bonds. The number of hydrogen-bond acceptors (Lipinski definition) is 4. The third-order valence-corrected chi connectivity index (χ3v) is 3.87. The molecule has 1 fully saturated rings. The summed E-state index contributed by atoms with van der Waals surface area (Å²) in [6, 6.07) is 3.83. The van der Waals surface area contributed by atoms with Crippen LogP contribution < -0.4 is 5.73 Å². The number of carbonyl (C=O) groups excluding carboxylic acids is 1. The molecule has 2 N–H and O–H groups in total. The predicted molar refractivity (Wildman–Crippen MR) is 75.4 cm³/mol. The van der Waals surface area contributed by atoms with Crippen molar-refractivity contribution in [1.29, 1.82) is 0 Å². The van der Waals surface area contributed by atoms with Gasteiger partial charge in [-0.3, -0.25) is 4.79 Å². The molecule has 1 aromatic heterocycles. The topological polar surface area (TPSA) is 59.5 Å². The minimum Gasteiger partial charge on any atom is -0.445 e. The lowest BCUT2D eigenvalue weighted by Gasteiger charge is -2.19. The molecule has 0 bridgehead atoms. The zero-order chi connectivity index (χ0) is 12.4. The summed E-state index contributed by atoms with van der Waals surface area (Å²) in [5, 5.41) is 0.774. The van der Waals surface area contributed by atoms with Crippen LogP contribution in [0.1, 0.15) is 23.9 Å². The van der Waals surface area contributed by atoms with Gasteiger partial charge in [0.25, 0.3) is 5.91 Å². The van der Waals surface area contributed by atoms with Gasteiger partial charge < -0.3 is 15.1 Å². The van der Waals surface area contributed by atoms with Gasteiger partial charge in [-0.15, -0.1) is 12.4 Å². The molecule has 1 aliphatic rings. The van der Waals surface area contributed by atoms with Crippen LogP contribution in [0, 0.1) is 5.92 Å². The summed E-state index contributed by atoms with van der Waals surface area (Å²) in [6.07, 6.45) is 2.91. The average Bonchev–Trinajstić information content (AvgIpc) is 2.94. The summed E-state index contributed by atoms with van der Waals surface area (Å²) < 4.78 is 5.46. The smallest absolute Gasteiger partial charge is 0.289 e. The number of nitrogens with two attached hydrogens (primary N) is 1. The Labute approximate surface area is 118 Å². The van der Waals surface area contributed by atoms with E-state index in [1.165, 1.54) is 11.8 Å². The fourth-order valence-electron chi connectivity index (χ4n) is 2.28. The van der Waals surface area contributed by atoms with E-state index in [9.17, 15) is 4.79 Å². The Morgan fingerprint density at radius 1 is 1.61 bits per heavy atom. The van der Waals surface area contributed by atoms with E-state index in [0.29, 0.717) is 18.2 Å². The van der Waals surface area contributed by atoms with Crippen LogP contribution in [0.4, 0.5) is 0 Å². The van der Waals surface area contributed by atoms with E-state index in [1.54, 1.807) is 6.07 Å². The summed E-state index contributed by atoms with van der Waals surface area (Å²) in [4.78, 5) is 14.1.